The van der Waals surface area contributed by atoms with Gasteiger partial charge in [0, 0.05) is 12.2 Å². The van der Waals surface area contributed by atoms with Crippen LogP contribution in [-0.2, 0) is 19.1 Å². The molecule has 4 heteroatoms. The van der Waals surface area contributed by atoms with E-state index in [0.717, 1.165) is 23.3 Å². The molecule has 260 valence electrons. The molecular weight excluding hydrogens is 592 g/mol. The van der Waals surface area contributed by atoms with Crippen molar-refractivity contribution in [1.82, 2.24) is 0 Å². The summed E-state index contributed by atoms with van der Waals surface area (Å²) in [5, 5.41) is 0. The zero-order valence-corrected chi connectivity index (χ0v) is 31.4. The Morgan fingerprint density at radius 2 is 0.958 bits per heavy atom. The van der Waals surface area contributed by atoms with Gasteiger partial charge in [-0.05, 0) is 114 Å². The second-order valence-corrected chi connectivity index (χ2v) is 14.6. The predicted molar refractivity (Wildman–Crippen MR) is 203 cm³/mol. The highest BCUT2D eigenvalue weighted by Crippen LogP contribution is 2.41. The third-order valence-electron chi connectivity index (χ3n) is 9.16. The molecule has 0 amide bonds. The molecule has 48 heavy (non-hydrogen) atoms. The molecule has 2 aliphatic rings. The van der Waals surface area contributed by atoms with E-state index >= 15 is 0 Å². The lowest BCUT2D eigenvalue weighted by atomic mass is 9.72. The second-order valence-electron chi connectivity index (χ2n) is 14.6. The highest BCUT2D eigenvalue weighted by molar-refractivity contribution is 5.91. The van der Waals surface area contributed by atoms with E-state index in [9.17, 15) is 9.59 Å². The van der Waals surface area contributed by atoms with Crippen molar-refractivity contribution in [1.29, 1.82) is 0 Å². The Hall–Kier alpha value is -3.92. The summed E-state index contributed by atoms with van der Waals surface area (Å²) in [6.07, 6.45) is 34.2. The van der Waals surface area contributed by atoms with Crippen LogP contribution >= 0.6 is 0 Å². The van der Waals surface area contributed by atoms with Crippen molar-refractivity contribution in [2.75, 3.05) is 13.2 Å². The molecule has 0 saturated carbocycles. The zero-order valence-electron chi connectivity index (χ0n) is 31.4. The number of carbonyl (C=O) groups is 2. The average Bonchev–Trinajstić information content (AvgIpc) is 2.99. The first-order valence-electron chi connectivity index (χ1n) is 17.4. The Kier molecular flexibility index (Phi) is 16.6. The third kappa shape index (κ3) is 14.9. The van der Waals surface area contributed by atoms with Gasteiger partial charge in [0.05, 0.1) is 0 Å². The minimum atomic E-state index is -0.597. The maximum atomic E-state index is 12.0. The minimum Gasteiger partial charge on any atom is -0.458 e. The van der Waals surface area contributed by atoms with Crippen LogP contribution < -0.4 is 0 Å². The molecule has 0 aromatic heterocycles. The van der Waals surface area contributed by atoms with Crippen LogP contribution in [0.3, 0.4) is 0 Å². The summed E-state index contributed by atoms with van der Waals surface area (Å²) in [4.78, 5) is 24.0. The molecule has 0 aromatic carbocycles. The average molecular weight is 653 g/mol. The van der Waals surface area contributed by atoms with Crippen LogP contribution in [0.25, 0.3) is 0 Å². The summed E-state index contributed by atoms with van der Waals surface area (Å²) < 4.78 is 10.4. The Balaban J connectivity index is 1.73. The summed E-state index contributed by atoms with van der Waals surface area (Å²) in [5.41, 5.74) is 10.6. The molecule has 0 atom stereocenters. The minimum absolute atomic E-state index is 0.118. The van der Waals surface area contributed by atoms with Gasteiger partial charge in [0.25, 0.3) is 0 Å². The fourth-order valence-corrected chi connectivity index (χ4v) is 6.14. The van der Waals surface area contributed by atoms with Crippen LogP contribution in [0, 0.1) is 10.8 Å². The van der Waals surface area contributed by atoms with Crippen LogP contribution in [-0.4, -0.2) is 25.2 Å². The van der Waals surface area contributed by atoms with Crippen molar-refractivity contribution in [2.24, 2.45) is 10.8 Å². The number of rotatable bonds is 14. The van der Waals surface area contributed by atoms with E-state index in [4.69, 9.17) is 9.47 Å². The zero-order chi connectivity index (χ0) is 35.7. The van der Waals surface area contributed by atoms with Crippen LogP contribution in [0.2, 0.25) is 0 Å². The van der Waals surface area contributed by atoms with Gasteiger partial charge in [0.2, 0.25) is 0 Å². The smallest absolute Gasteiger partial charge is 0.331 e. The molecule has 2 aliphatic carbocycles. The summed E-state index contributed by atoms with van der Waals surface area (Å²) in [7, 11) is 0. The van der Waals surface area contributed by atoms with Crippen molar-refractivity contribution in [2.45, 2.75) is 108 Å². The Labute approximate surface area is 291 Å². The fraction of sp³-hybridized carbons (Fsp3) is 0.455. The molecule has 0 heterocycles. The third-order valence-corrected chi connectivity index (χ3v) is 9.16. The fourth-order valence-electron chi connectivity index (χ4n) is 6.14. The molecule has 0 N–H and O–H groups in total. The number of ether oxygens (including phenoxy) is 2. The lowest BCUT2D eigenvalue weighted by molar-refractivity contribution is -0.139. The van der Waals surface area contributed by atoms with Gasteiger partial charge in [0.1, 0.15) is 13.2 Å². The van der Waals surface area contributed by atoms with Crippen molar-refractivity contribution < 1.29 is 19.1 Å². The van der Waals surface area contributed by atoms with Crippen molar-refractivity contribution >= 4 is 11.9 Å². The van der Waals surface area contributed by atoms with E-state index in [1.54, 1.807) is 0 Å². The summed E-state index contributed by atoms with van der Waals surface area (Å²) in [6, 6.07) is 0. The van der Waals surface area contributed by atoms with Gasteiger partial charge in [0.15, 0.2) is 0 Å². The molecule has 0 bridgehead atoms. The van der Waals surface area contributed by atoms with Gasteiger partial charge in [-0.15, -0.1) is 0 Å². The van der Waals surface area contributed by atoms with Crippen LogP contribution in [0.4, 0.5) is 0 Å². The first-order chi connectivity index (χ1) is 22.6. The van der Waals surface area contributed by atoms with Gasteiger partial charge in [-0.3, -0.25) is 0 Å². The van der Waals surface area contributed by atoms with Crippen molar-refractivity contribution in [3.05, 3.63) is 130 Å². The Bertz CT molecular complexity index is 1370. The summed E-state index contributed by atoms with van der Waals surface area (Å²) >= 11 is 0. The monoisotopic (exact) mass is 652 g/mol. The highest BCUT2D eigenvalue weighted by Gasteiger charge is 2.27. The first kappa shape index (κ1) is 40.3. The first-order valence-corrected chi connectivity index (χ1v) is 17.4. The lowest BCUT2D eigenvalue weighted by Crippen LogP contribution is -2.19. The Morgan fingerprint density at radius 3 is 1.31 bits per heavy atom. The second kappa shape index (κ2) is 19.8. The summed E-state index contributed by atoms with van der Waals surface area (Å²) in [6.45, 7) is 22.1. The van der Waals surface area contributed by atoms with Gasteiger partial charge in [-0.2, -0.15) is 0 Å². The Morgan fingerprint density at radius 1 is 0.583 bits per heavy atom. The van der Waals surface area contributed by atoms with E-state index in [2.05, 4.69) is 91.8 Å². The number of hydrogen-bond donors (Lipinski definition) is 0. The molecule has 0 fully saturated rings. The topological polar surface area (TPSA) is 52.6 Å². The van der Waals surface area contributed by atoms with E-state index in [0.29, 0.717) is 0 Å². The van der Waals surface area contributed by atoms with Gasteiger partial charge in [-0.25, -0.2) is 9.59 Å². The highest BCUT2D eigenvalue weighted by atomic mass is 16.5. The number of carbonyl (C=O) groups excluding carboxylic acids is 2. The molecule has 0 aliphatic heterocycles. The van der Waals surface area contributed by atoms with Crippen LogP contribution in [0.5, 0.6) is 0 Å². The van der Waals surface area contributed by atoms with Crippen LogP contribution in [0.15, 0.2) is 130 Å². The number of allylic oxidation sites excluding steroid dienone is 18. The molecule has 0 radical (unpaired) electrons. The van der Waals surface area contributed by atoms with Gasteiger partial charge >= 0.3 is 11.9 Å². The van der Waals surface area contributed by atoms with Gasteiger partial charge in [-0.1, -0.05) is 122 Å². The van der Waals surface area contributed by atoms with Gasteiger partial charge < -0.3 is 9.47 Å². The van der Waals surface area contributed by atoms with Crippen molar-refractivity contribution in [3.8, 4) is 0 Å². The van der Waals surface area contributed by atoms with Crippen LogP contribution in [0.1, 0.15) is 108 Å². The molecule has 0 spiro atoms. The molecule has 4 nitrogen and oxygen atoms in total. The molecule has 0 unspecified atom stereocenters. The molecule has 0 aromatic rings. The normalized spacial score (nSPS) is 20.0. The largest absolute Gasteiger partial charge is 0.458 e. The van der Waals surface area contributed by atoms with E-state index in [1.807, 2.05) is 50.3 Å². The molecule has 2 rings (SSSR count). The summed E-state index contributed by atoms with van der Waals surface area (Å²) in [5.74, 6) is -1.19. The van der Waals surface area contributed by atoms with E-state index in [1.165, 1.54) is 72.0 Å². The SMILES string of the molecule is CC1=C(/C=C/C(C)=C/C=C/C(C)=C/COC(=O)/C=C/C(=O)OC/C=C(C)/C=C/C=C(C)/C=C/C2=C(C)CCCC2(C)C)C(C)(C)CCC1. The molecule has 0 saturated heterocycles. The number of esters is 2. The predicted octanol–water partition coefficient (Wildman–Crippen LogP) is 11.7. The standard InChI is InChI=1S/C44H60O4/c1-33(21-23-39-37(5)19-13-29-43(39,7)8)15-11-17-35(3)27-31-47-41(45)25-26-42(46)48-32-28-36(4)18-12-16-34(2)22-24-40-38(6)20-14-30-44(40,9)10/h11-12,15-18,21-28H,13-14,19-20,29-32H2,1-10H3/b17-11+,18-12+,23-21+,24-22+,26-25+,33-15+,34-16+,35-27+,36-28+. The maximum absolute atomic E-state index is 12.0. The van der Waals surface area contributed by atoms with Crippen molar-refractivity contribution in [3.63, 3.8) is 0 Å². The van der Waals surface area contributed by atoms with E-state index in [-0.39, 0.29) is 24.0 Å². The lowest BCUT2D eigenvalue weighted by Gasteiger charge is -2.33. The maximum Gasteiger partial charge on any atom is 0.331 e. The number of hydrogen-bond acceptors (Lipinski definition) is 4. The molecular formula is C44H60O4. The van der Waals surface area contributed by atoms with E-state index < -0.39 is 11.9 Å². The quantitative estimate of drug-likeness (QED) is 0.106.